The Bertz CT molecular complexity index is 4430. The molecule has 2 unspecified atom stereocenters. The highest BCUT2D eigenvalue weighted by Crippen LogP contribution is 2.48. The molecule has 2 spiro atoms. The van der Waals surface area contributed by atoms with Crippen LogP contribution in [0.25, 0.3) is 0 Å². The van der Waals surface area contributed by atoms with Gasteiger partial charge in [-0.05, 0) is 180 Å². The maximum atomic E-state index is 14.2. The minimum absolute atomic E-state index is 0.00367. The lowest BCUT2D eigenvalue weighted by molar-refractivity contribution is -0.145. The van der Waals surface area contributed by atoms with E-state index in [1.165, 1.54) is 25.7 Å². The van der Waals surface area contributed by atoms with Gasteiger partial charge in [-0.2, -0.15) is 79.0 Å². The van der Waals surface area contributed by atoms with Crippen molar-refractivity contribution in [1.82, 2.24) is 30.9 Å². The lowest BCUT2D eigenvalue weighted by atomic mass is 9.74. The van der Waals surface area contributed by atoms with Crippen molar-refractivity contribution in [2.45, 2.75) is 199 Å². The minimum Gasteiger partial charge on any atom is -0.449 e. The summed E-state index contributed by atoms with van der Waals surface area (Å²) in [6.45, 7) is 10.0. The molecule has 6 N–H and O–H groups in total. The van der Waals surface area contributed by atoms with E-state index in [1.807, 2.05) is 60.7 Å². The van der Waals surface area contributed by atoms with Gasteiger partial charge in [-0.1, -0.05) is 121 Å². The molecule has 5 heterocycles. The number of benzene rings is 7. The van der Waals surface area contributed by atoms with Crippen molar-refractivity contribution < 1.29 is 131 Å². The Labute approximate surface area is 695 Å². The van der Waals surface area contributed by atoms with Crippen molar-refractivity contribution in [3.8, 4) is 0 Å². The molecule has 122 heavy (non-hydrogen) atoms. The average molecular weight is 1760 g/mol. The summed E-state index contributed by atoms with van der Waals surface area (Å²) in [5, 5.41) is 22.8. The lowest BCUT2D eigenvalue weighted by Gasteiger charge is -2.54. The van der Waals surface area contributed by atoms with Crippen molar-refractivity contribution in [2.24, 2.45) is 0 Å². The number of alkyl carbamates (subject to hydrolysis) is 2. The molecule has 36 heteroatoms. The summed E-state index contributed by atoms with van der Waals surface area (Å²) in [6, 6.07) is 40.5. The number of likely N-dealkylation sites (tertiary alicyclic amines) is 1. The zero-order valence-corrected chi connectivity index (χ0v) is 67.9. The first-order valence-electron chi connectivity index (χ1n) is 39.0. The molecule has 5 saturated heterocycles. The van der Waals surface area contributed by atoms with Gasteiger partial charge in [0, 0.05) is 39.1 Å². The Morgan fingerprint density at radius 1 is 0.467 bits per heavy atom. The van der Waals surface area contributed by atoms with Crippen LogP contribution < -0.4 is 26.0 Å². The summed E-state index contributed by atoms with van der Waals surface area (Å²) < 4.78 is 291. The third-order valence-corrected chi connectivity index (χ3v) is 24.5. The van der Waals surface area contributed by atoms with Gasteiger partial charge in [0.2, 0.25) is 0 Å². The molecule has 3 amide bonds. The van der Waals surface area contributed by atoms with Crippen LogP contribution in [0.4, 0.5) is 93.4 Å². The Morgan fingerprint density at radius 2 is 0.803 bits per heavy atom. The number of nitrogens with one attached hydrogen (secondary N) is 5. The number of amides is 3. The molecule has 12 rings (SSSR count). The van der Waals surface area contributed by atoms with Gasteiger partial charge in [0.05, 0.1) is 134 Å². The van der Waals surface area contributed by atoms with Gasteiger partial charge in [0.25, 0.3) is 0 Å². The summed E-state index contributed by atoms with van der Waals surface area (Å²) >= 11 is 0. The first kappa shape index (κ1) is 95.2. The van der Waals surface area contributed by atoms with Crippen molar-refractivity contribution in [2.75, 3.05) is 59.3 Å². The number of aliphatic hydroxyl groups excluding tert-OH is 1. The molecule has 7 aromatic carbocycles. The Kier molecular flexibility index (Phi) is 29.5. The average Bonchev–Trinajstić information content (AvgIpc) is 0.738. The van der Waals surface area contributed by atoms with Gasteiger partial charge in [-0.3, -0.25) is 4.90 Å². The molecule has 5 aliphatic rings. The number of nitrogens with zero attached hydrogens (tertiary/aromatic N) is 1. The zero-order valence-electron chi connectivity index (χ0n) is 67.1. The van der Waals surface area contributed by atoms with E-state index < -0.39 is 156 Å². The molecule has 666 valence electrons. The second-order valence-corrected chi connectivity index (χ2v) is 34.3. The third kappa shape index (κ3) is 23.9. The largest absolute Gasteiger partial charge is 0.449 e. The number of hydrogen-bond donors (Lipinski definition) is 6. The fourth-order valence-corrected chi connectivity index (χ4v) is 16.3. The molecular weight excluding hydrogens is 1670 g/mol. The van der Waals surface area contributed by atoms with Crippen LogP contribution in [0.1, 0.15) is 190 Å². The van der Waals surface area contributed by atoms with E-state index in [2.05, 4.69) is 26.0 Å². The number of ether oxygens (including phenoxy) is 6. The summed E-state index contributed by atoms with van der Waals surface area (Å²) in [6.07, 6.45) is -31.0. The van der Waals surface area contributed by atoms with Gasteiger partial charge in [0.15, 0.2) is 0 Å². The molecule has 10 atom stereocenters. The summed E-state index contributed by atoms with van der Waals surface area (Å²) in [5.41, 5.74) is -11.1. The van der Waals surface area contributed by atoms with E-state index in [1.54, 1.807) is 81.4 Å². The SMILES string of the molecule is C[C@@H](OC[C@@]1(c2ccccc2)CCC(CCO)(NS(=O)C(C)(C)C)CN1C(=O)OCc1ccccc1)c1cc(C(F)(F)F)cc(C(F)(F)F)c1.C[C@@H](OC[C@@]1(c2ccccc2)CC[C@@]2(CCOC(=O)N2)CN1)c1cc(C(F)(F)F)cc(C(F)(F)F)c1.C[C@@H](OC[C@@]1(c2ccccc2)CC[C@]2(CCOC(=O)N2)CN1)c1cc(C(F)(F)F)cc(C(F)(F)F)c1. The van der Waals surface area contributed by atoms with Gasteiger partial charge < -0.3 is 54.8 Å². The standard InChI is InChI=1S/C36H42F6N2O5S.2C25H26F6N2O3/c1-25(27-19-29(35(37,38)39)21-30(20-27)36(40,41)42)49-24-34(28-13-9-6-10-14-28)16-15-33(17-18-45,43-50(47)32(2,3)4)23-44(34)31(46)48-22-26-11-7-5-8-12-26;2*1-16(17-11-19(24(26,27)28)13-20(12-17)25(29,30)31)36-15-23(18-5-3-2-4-6-18)8-7-22(14-32-23)9-10-35-21(34)33-22/h5-14,19-21,25,43,45H,15-18,22-24H2,1-4H3;2*2-6,11-13,16,32H,7-10,14-15H2,1H3,(H,33,34)/t25-,33?,34-,50?;16-,22+,23-;16-,22-,23-/m111/s1. The number of piperidine rings is 3. The minimum atomic E-state index is -5.04. The smallest absolute Gasteiger partial charge is 0.416 e. The molecule has 17 nitrogen and oxygen atoms in total. The highest BCUT2D eigenvalue weighted by Gasteiger charge is 2.55. The molecule has 0 bridgehead atoms. The van der Waals surface area contributed by atoms with E-state index in [4.69, 9.17) is 28.4 Å². The first-order chi connectivity index (χ1) is 56.9. The molecule has 0 radical (unpaired) electrons. The number of halogens is 18. The summed E-state index contributed by atoms with van der Waals surface area (Å²) in [5.74, 6) is 0. The van der Waals surface area contributed by atoms with E-state index >= 15 is 0 Å². The zero-order chi connectivity index (χ0) is 89.3. The molecular formula is C86H94F18N6O11S. The topological polar surface area (TPSA) is 207 Å². The number of carbonyl (C=O) groups is 3. The fraction of sp³-hybridized carbons (Fsp3) is 0.477. The fourth-order valence-electron chi connectivity index (χ4n) is 15.4. The van der Waals surface area contributed by atoms with Gasteiger partial charge >= 0.3 is 55.3 Å². The van der Waals surface area contributed by atoms with E-state index in [0.29, 0.717) is 99.1 Å². The molecule has 0 aromatic heterocycles. The van der Waals surface area contributed by atoms with Gasteiger partial charge in [0.1, 0.15) is 6.61 Å². The third-order valence-electron chi connectivity index (χ3n) is 22.8. The van der Waals surface area contributed by atoms with Crippen molar-refractivity contribution in [3.05, 3.63) is 248 Å². The predicted octanol–water partition coefficient (Wildman–Crippen LogP) is 20.2. The van der Waals surface area contributed by atoms with Crippen LogP contribution >= 0.6 is 0 Å². The highest BCUT2D eigenvalue weighted by atomic mass is 32.2. The maximum absolute atomic E-state index is 14.2. The molecule has 5 fully saturated rings. The van der Waals surface area contributed by atoms with Crippen LogP contribution in [0.15, 0.2) is 176 Å². The van der Waals surface area contributed by atoms with E-state index in [-0.39, 0.29) is 107 Å². The van der Waals surface area contributed by atoms with Crippen molar-refractivity contribution in [1.29, 1.82) is 0 Å². The number of hydrogen-bond acceptors (Lipinski definition) is 13. The molecule has 5 aliphatic heterocycles. The van der Waals surface area contributed by atoms with Crippen LogP contribution in [0.5, 0.6) is 0 Å². The van der Waals surface area contributed by atoms with Crippen LogP contribution in [-0.4, -0.2) is 113 Å². The number of aliphatic hydroxyl groups is 1. The summed E-state index contributed by atoms with van der Waals surface area (Å²) in [4.78, 5) is 39.2. The first-order valence-corrected chi connectivity index (χ1v) is 40.2. The van der Waals surface area contributed by atoms with Crippen LogP contribution in [0, 0.1) is 0 Å². The van der Waals surface area contributed by atoms with Crippen LogP contribution in [0.3, 0.4) is 0 Å². The number of carbonyl (C=O) groups excluding carboxylic acids is 3. The Hall–Kier alpha value is -9.04. The predicted molar refractivity (Wildman–Crippen MR) is 413 cm³/mol. The maximum Gasteiger partial charge on any atom is 0.416 e. The second kappa shape index (κ2) is 37.8. The molecule has 7 aromatic rings. The van der Waals surface area contributed by atoms with Crippen LogP contribution in [-0.2, 0) is 99.7 Å². The van der Waals surface area contributed by atoms with Gasteiger partial charge in [-0.15, -0.1) is 0 Å². The van der Waals surface area contributed by atoms with Crippen molar-refractivity contribution in [3.63, 3.8) is 0 Å². The second-order valence-electron chi connectivity index (χ2n) is 32.3. The summed E-state index contributed by atoms with van der Waals surface area (Å²) in [7, 11) is -1.62. The van der Waals surface area contributed by atoms with E-state index in [0.717, 1.165) is 11.1 Å². The Balaban J connectivity index is 0.000000196. The lowest BCUT2D eigenvalue weighted by Crippen LogP contribution is -2.67. The molecule has 0 aliphatic carbocycles. The van der Waals surface area contributed by atoms with Crippen molar-refractivity contribution >= 4 is 29.3 Å². The normalized spacial score (nSPS) is 24.0. The monoisotopic (exact) mass is 1760 g/mol. The highest BCUT2D eigenvalue weighted by molar-refractivity contribution is 7.84. The van der Waals surface area contributed by atoms with Gasteiger partial charge in [-0.25, -0.2) is 23.3 Å². The number of rotatable bonds is 21. The Morgan fingerprint density at radius 3 is 1.11 bits per heavy atom. The quantitative estimate of drug-likeness (QED) is 0.0293. The number of cyclic esters (lactones) is 2. The number of alkyl halides is 18. The van der Waals surface area contributed by atoms with E-state index in [9.17, 15) is 103 Å². The molecule has 0 saturated carbocycles. The van der Waals surface area contributed by atoms with Crippen LogP contribution in [0.2, 0.25) is 0 Å².